The van der Waals surface area contributed by atoms with Gasteiger partial charge in [-0.15, -0.1) is 0 Å². The topological polar surface area (TPSA) is 32.7 Å². The van der Waals surface area contributed by atoms with Crippen LogP contribution in [0.4, 0.5) is 0 Å². The van der Waals surface area contributed by atoms with E-state index in [0.29, 0.717) is 5.75 Å². The van der Waals surface area contributed by atoms with Crippen molar-refractivity contribution < 1.29 is 9.84 Å². The minimum atomic E-state index is 0.224. The third-order valence-electron chi connectivity index (χ3n) is 7.57. The van der Waals surface area contributed by atoms with E-state index >= 15 is 0 Å². The molecule has 0 radical (unpaired) electrons. The van der Waals surface area contributed by atoms with Crippen LogP contribution >= 0.6 is 0 Å². The number of aromatic hydroxyl groups is 1. The molecule has 0 amide bonds. The molecule has 1 saturated heterocycles. The summed E-state index contributed by atoms with van der Waals surface area (Å²) in [6, 6.07) is 23.5. The number of hydrogen-bond acceptors (Lipinski definition) is 3. The zero-order chi connectivity index (χ0) is 22.2. The highest BCUT2D eigenvalue weighted by Gasteiger charge is 2.35. The normalized spacial score (nSPS) is 19.7. The monoisotopic (exact) mass is 437 g/mol. The predicted octanol–water partition coefficient (Wildman–Crippen LogP) is 6.26. The Morgan fingerprint density at radius 2 is 1.67 bits per heavy atom. The summed E-state index contributed by atoms with van der Waals surface area (Å²) in [5.74, 6) is 1.53. The van der Waals surface area contributed by atoms with Gasteiger partial charge in [0.1, 0.15) is 18.1 Å². The van der Waals surface area contributed by atoms with E-state index in [9.17, 15) is 5.11 Å². The number of aryl methyl sites for hydroxylation is 1. The summed E-state index contributed by atoms with van der Waals surface area (Å²) in [5.41, 5.74) is 9.50. The molecule has 3 aromatic carbocycles. The molecule has 168 valence electrons. The van der Waals surface area contributed by atoms with Crippen molar-refractivity contribution in [1.29, 1.82) is 0 Å². The van der Waals surface area contributed by atoms with Crippen LogP contribution in [-0.4, -0.2) is 36.2 Å². The second kappa shape index (κ2) is 8.72. The summed E-state index contributed by atoms with van der Waals surface area (Å²) >= 11 is 0. The predicted molar refractivity (Wildman–Crippen MR) is 134 cm³/mol. The van der Waals surface area contributed by atoms with Crippen molar-refractivity contribution in [1.82, 2.24) is 4.90 Å². The van der Waals surface area contributed by atoms with Crippen molar-refractivity contribution in [2.45, 2.75) is 38.0 Å². The lowest BCUT2D eigenvalue weighted by atomic mass is 9.80. The number of fused-ring (bicyclic) bond motifs is 4. The van der Waals surface area contributed by atoms with Gasteiger partial charge in [-0.25, -0.2) is 0 Å². The fraction of sp³-hybridized carbons (Fsp3) is 0.333. The summed E-state index contributed by atoms with van der Waals surface area (Å²) in [5, 5.41) is 10.0. The Labute approximate surface area is 196 Å². The van der Waals surface area contributed by atoms with Gasteiger partial charge in [-0.3, -0.25) is 4.90 Å². The van der Waals surface area contributed by atoms with E-state index in [0.717, 1.165) is 31.7 Å². The number of phenolic OH excluding ortho intramolecular Hbond substituents is 1. The SMILES string of the molecule is Oc1ccc2c(c1)CCC1=C2C(c2ccc(OCCN3CCCCC3)cc2)c2ccccc21. The number of allylic oxidation sites excluding steroid dienone is 2. The molecule has 0 saturated carbocycles. The molecule has 1 N–H and O–H groups in total. The van der Waals surface area contributed by atoms with E-state index in [1.807, 2.05) is 12.1 Å². The number of hydrogen-bond donors (Lipinski definition) is 1. The van der Waals surface area contributed by atoms with Gasteiger partial charge in [0.15, 0.2) is 0 Å². The third-order valence-corrected chi connectivity index (χ3v) is 7.57. The first-order chi connectivity index (χ1) is 16.3. The summed E-state index contributed by atoms with van der Waals surface area (Å²) < 4.78 is 6.09. The Bertz CT molecular complexity index is 1190. The smallest absolute Gasteiger partial charge is 0.119 e. The van der Waals surface area contributed by atoms with Crippen molar-refractivity contribution in [3.05, 3.63) is 94.5 Å². The number of piperidine rings is 1. The van der Waals surface area contributed by atoms with Crippen LogP contribution in [0.3, 0.4) is 0 Å². The molecule has 6 rings (SSSR count). The van der Waals surface area contributed by atoms with Crippen molar-refractivity contribution in [2.75, 3.05) is 26.2 Å². The fourth-order valence-corrected chi connectivity index (χ4v) is 5.97. The molecule has 3 aromatic rings. The van der Waals surface area contributed by atoms with E-state index in [2.05, 4.69) is 59.5 Å². The fourth-order valence-electron chi connectivity index (χ4n) is 5.97. The minimum absolute atomic E-state index is 0.224. The maximum absolute atomic E-state index is 10.0. The van der Waals surface area contributed by atoms with E-state index in [1.54, 1.807) is 0 Å². The summed E-state index contributed by atoms with van der Waals surface area (Å²) in [7, 11) is 0. The maximum Gasteiger partial charge on any atom is 0.119 e. The second-order valence-corrected chi connectivity index (χ2v) is 9.57. The van der Waals surface area contributed by atoms with Crippen LogP contribution in [0.1, 0.15) is 59.4 Å². The van der Waals surface area contributed by atoms with Crippen LogP contribution in [0.5, 0.6) is 11.5 Å². The number of phenols is 1. The number of benzene rings is 3. The Morgan fingerprint density at radius 1 is 0.848 bits per heavy atom. The molecule has 3 nitrogen and oxygen atoms in total. The van der Waals surface area contributed by atoms with E-state index in [4.69, 9.17) is 4.74 Å². The first-order valence-corrected chi connectivity index (χ1v) is 12.4. The second-order valence-electron chi connectivity index (χ2n) is 9.57. The quantitative estimate of drug-likeness (QED) is 0.511. The van der Waals surface area contributed by atoms with Crippen LogP contribution in [0.25, 0.3) is 11.1 Å². The van der Waals surface area contributed by atoms with Gasteiger partial charge in [0, 0.05) is 12.5 Å². The molecule has 0 bridgehead atoms. The Balaban J connectivity index is 1.27. The summed E-state index contributed by atoms with van der Waals surface area (Å²) in [6.45, 7) is 4.18. The van der Waals surface area contributed by atoms with Gasteiger partial charge in [0.05, 0.1) is 0 Å². The zero-order valence-corrected chi connectivity index (χ0v) is 19.1. The lowest BCUT2D eigenvalue weighted by molar-refractivity contribution is 0.183. The number of ether oxygens (including phenoxy) is 1. The molecule has 1 aliphatic heterocycles. The molecule has 1 unspecified atom stereocenters. The standard InChI is InChI=1S/C30H31NO2/c32-23-11-15-25-22(20-23)10-14-28-26-6-2-3-7-27(26)29(30(25)28)21-8-12-24(13-9-21)33-19-18-31-16-4-1-5-17-31/h2-3,6-9,11-13,15,20,29,32H,1,4-5,10,14,16-19H2. The molecule has 0 aromatic heterocycles. The highest BCUT2D eigenvalue weighted by atomic mass is 16.5. The van der Waals surface area contributed by atoms with Crippen molar-refractivity contribution in [3.8, 4) is 11.5 Å². The van der Waals surface area contributed by atoms with Gasteiger partial charge in [-0.05, 0) is 102 Å². The van der Waals surface area contributed by atoms with Crippen LogP contribution in [0.2, 0.25) is 0 Å². The van der Waals surface area contributed by atoms with Crippen molar-refractivity contribution >= 4 is 11.1 Å². The molecule has 33 heavy (non-hydrogen) atoms. The molecular formula is C30H31NO2. The molecular weight excluding hydrogens is 406 g/mol. The Hall–Kier alpha value is -3.04. The average Bonchev–Trinajstić information content (AvgIpc) is 3.20. The van der Waals surface area contributed by atoms with Gasteiger partial charge in [0.2, 0.25) is 0 Å². The Morgan fingerprint density at radius 3 is 2.52 bits per heavy atom. The molecule has 1 fully saturated rings. The highest BCUT2D eigenvalue weighted by molar-refractivity contribution is 6.03. The molecule has 3 heteroatoms. The third kappa shape index (κ3) is 3.85. The van der Waals surface area contributed by atoms with Gasteiger partial charge < -0.3 is 9.84 Å². The van der Waals surface area contributed by atoms with E-state index < -0.39 is 0 Å². The van der Waals surface area contributed by atoms with E-state index in [-0.39, 0.29) is 5.92 Å². The zero-order valence-electron chi connectivity index (χ0n) is 19.1. The summed E-state index contributed by atoms with van der Waals surface area (Å²) in [4.78, 5) is 2.51. The number of rotatable bonds is 5. The van der Waals surface area contributed by atoms with Gasteiger partial charge in [0.25, 0.3) is 0 Å². The van der Waals surface area contributed by atoms with Crippen molar-refractivity contribution in [2.24, 2.45) is 0 Å². The van der Waals surface area contributed by atoms with Crippen LogP contribution in [0, 0.1) is 0 Å². The minimum Gasteiger partial charge on any atom is -0.508 e. The first-order valence-electron chi connectivity index (χ1n) is 12.4. The highest BCUT2D eigenvalue weighted by Crippen LogP contribution is 2.54. The molecule has 1 heterocycles. The van der Waals surface area contributed by atoms with Gasteiger partial charge >= 0.3 is 0 Å². The number of likely N-dealkylation sites (tertiary alicyclic amines) is 1. The van der Waals surface area contributed by atoms with Crippen molar-refractivity contribution in [3.63, 3.8) is 0 Å². The van der Waals surface area contributed by atoms with Gasteiger partial charge in [-0.1, -0.05) is 48.9 Å². The Kier molecular flexibility index (Phi) is 5.43. The molecule has 3 aliphatic rings. The molecule has 1 atom stereocenters. The largest absolute Gasteiger partial charge is 0.508 e. The van der Waals surface area contributed by atoms with E-state index in [1.165, 1.54) is 71.3 Å². The molecule has 0 spiro atoms. The summed E-state index contributed by atoms with van der Waals surface area (Å²) in [6.07, 6.45) is 6.01. The number of nitrogens with zero attached hydrogens (tertiary/aromatic N) is 1. The first kappa shape index (κ1) is 20.6. The van der Waals surface area contributed by atoms with Crippen LogP contribution in [-0.2, 0) is 6.42 Å². The maximum atomic E-state index is 10.0. The van der Waals surface area contributed by atoms with Crippen LogP contribution in [0.15, 0.2) is 66.7 Å². The van der Waals surface area contributed by atoms with Gasteiger partial charge in [-0.2, -0.15) is 0 Å². The lowest BCUT2D eigenvalue weighted by Gasteiger charge is -2.26. The molecule has 2 aliphatic carbocycles. The van der Waals surface area contributed by atoms with Crippen LogP contribution < -0.4 is 4.74 Å². The lowest BCUT2D eigenvalue weighted by Crippen LogP contribution is -2.33. The average molecular weight is 438 g/mol.